The first-order chi connectivity index (χ1) is 16.7. The highest BCUT2D eigenvalue weighted by Gasteiger charge is 2.72. The van der Waals surface area contributed by atoms with Crippen LogP contribution in [0.5, 0.6) is 0 Å². The Morgan fingerprint density at radius 2 is 1.58 bits per heavy atom. The number of allylic oxidation sites excluding steroid dienone is 1. The number of aliphatic hydroxyl groups is 4. The standard InChI is InChI=1S/C30H48O6/c1-25(2)14-19-18-6-7-21-26(3)10-9-22(33)27(4,16-31)20(26)8-11-28(21,5)29(18,17-32)12-13-30(19,24(35)36)23(34)15-25/h6,19-23,31-34H,7-17H2,1-5H3,(H,35,36)/t19-,20?,21-,22+,23?,26+,27?,28-,29+,30+/m1/s1. The van der Waals surface area contributed by atoms with Gasteiger partial charge in [-0.3, -0.25) is 4.79 Å². The maximum atomic E-state index is 12.8. The van der Waals surface area contributed by atoms with Crippen molar-refractivity contribution in [2.45, 2.75) is 105 Å². The molecule has 4 fully saturated rings. The average molecular weight is 505 g/mol. The van der Waals surface area contributed by atoms with Gasteiger partial charge in [-0.25, -0.2) is 0 Å². The lowest BCUT2D eigenvalue weighted by Gasteiger charge is -2.71. The fraction of sp³-hybridized carbons (Fsp3) is 0.900. The number of hydrogen-bond acceptors (Lipinski definition) is 5. The molecular formula is C30H48O6. The van der Waals surface area contributed by atoms with Crippen LogP contribution >= 0.6 is 0 Å². The molecule has 4 saturated carbocycles. The van der Waals surface area contributed by atoms with E-state index in [-0.39, 0.29) is 47.2 Å². The van der Waals surface area contributed by atoms with Gasteiger partial charge in [-0.2, -0.15) is 0 Å². The summed E-state index contributed by atoms with van der Waals surface area (Å²) in [5, 5.41) is 54.4. The summed E-state index contributed by atoms with van der Waals surface area (Å²) in [6.07, 6.45) is 7.17. The predicted octanol–water partition coefficient (Wildman–Crippen LogP) is 4.15. The van der Waals surface area contributed by atoms with E-state index in [4.69, 9.17) is 0 Å². The maximum Gasteiger partial charge on any atom is 0.312 e. The van der Waals surface area contributed by atoms with Gasteiger partial charge in [0.25, 0.3) is 0 Å². The molecule has 0 bridgehead atoms. The van der Waals surface area contributed by atoms with Crippen LogP contribution in [0.3, 0.4) is 0 Å². The Balaban J connectivity index is 1.64. The van der Waals surface area contributed by atoms with Crippen molar-refractivity contribution in [1.82, 2.24) is 0 Å². The van der Waals surface area contributed by atoms with Crippen LogP contribution in [0.15, 0.2) is 11.6 Å². The minimum atomic E-state index is -1.19. The first kappa shape index (κ1) is 26.6. The fourth-order valence-electron chi connectivity index (χ4n) is 11.0. The van der Waals surface area contributed by atoms with Crippen LogP contribution in [0.2, 0.25) is 0 Å². The number of hydrogen-bond donors (Lipinski definition) is 5. The summed E-state index contributed by atoms with van der Waals surface area (Å²) in [5.41, 5.74) is -1.61. The van der Waals surface area contributed by atoms with Crippen molar-refractivity contribution in [1.29, 1.82) is 0 Å². The van der Waals surface area contributed by atoms with Gasteiger partial charge in [0.2, 0.25) is 0 Å². The molecule has 0 heterocycles. The highest BCUT2D eigenvalue weighted by Crippen LogP contribution is 2.75. The molecule has 0 aromatic heterocycles. The van der Waals surface area contributed by atoms with E-state index in [1.54, 1.807) is 0 Å². The van der Waals surface area contributed by atoms with Gasteiger partial charge in [-0.15, -0.1) is 0 Å². The van der Waals surface area contributed by atoms with Crippen LogP contribution in [0.4, 0.5) is 0 Å². The topological polar surface area (TPSA) is 118 Å². The largest absolute Gasteiger partial charge is 0.481 e. The molecule has 36 heavy (non-hydrogen) atoms. The van der Waals surface area contributed by atoms with Gasteiger partial charge in [0, 0.05) is 10.8 Å². The minimum Gasteiger partial charge on any atom is -0.481 e. The molecular weight excluding hydrogens is 456 g/mol. The van der Waals surface area contributed by atoms with Gasteiger partial charge >= 0.3 is 5.97 Å². The average Bonchev–Trinajstić information content (AvgIpc) is 2.80. The number of carboxylic acids is 1. The molecule has 0 aliphatic heterocycles. The highest BCUT2D eigenvalue weighted by atomic mass is 16.4. The number of fused-ring (bicyclic) bond motifs is 7. The predicted molar refractivity (Wildman–Crippen MR) is 137 cm³/mol. The van der Waals surface area contributed by atoms with Crippen molar-refractivity contribution in [3.63, 3.8) is 0 Å². The quantitative estimate of drug-likeness (QED) is 0.369. The van der Waals surface area contributed by atoms with Crippen molar-refractivity contribution < 1.29 is 30.3 Å². The third kappa shape index (κ3) is 3.02. The monoisotopic (exact) mass is 504 g/mol. The minimum absolute atomic E-state index is 0.00477. The van der Waals surface area contributed by atoms with Crippen LogP contribution in [0, 0.1) is 50.2 Å². The van der Waals surface area contributed by atoms with Crippen LogP contribution in [0.25, 0.3) is 0 Å². The molecule has 6 heteroatoms. The van der Waals surface area contributed by atoms with Crippen molar-refractivity contribution in [2.24, 2.45) is 50.2 Å². The third-order valence-electron chi connectivity index (χ3n) is 13.1. The smallest absolute Gasteiger partial charge is 0.312 e. The van der Waals surface area contributed by atoms with Crippen molar-refractivity contribution >= 4 is 5.97 Å². The molecule has 0 spiro atoms. The van der Waals surface area contributed by atoms with Crippen molar-refractivity contribution in [3.05, 3.63) is 11.6 Å². The Labute approximate surface area is 216 Å². The molecule has 5 aliphatic rings. The summed E-state index contributed by atoms with van der Waals surface area (Å²) in [6, 6.07) is 0. The van der Waals surface area contributed by atoms with E-state index in [1.165, 1.54) is 0 Å². The Morgan fingerprint density at radius 1 is 0.889 bits per heavy atom. The summed E-state index contributed by atoms with van der Waals surface area (Å²) in [4.78, 5) is 12.8. The molecule has 3 unspecified atom stereocenters. The Hall–Kier alpha value is -0.950. The zero-order valence-electron chi connectivity index (χ0n) is 22.9. The summed E-state index contributed by atoms with van der Waals surface area (Å²) < 4.78 is 0. The van der Waals surface area contributed by atoms with E-state index in [0.717, 1.165) is 31.3 Å². The van der Waals surface area contributed by atoms with E-state index in [9.17, 15) is 30.3 Å². The lowest BCUT2D eigenvalue weighted by atomic mass is 9.33. The summed E-state index contributed by atoms with van der Waals surface area (Å²) in [5.74, 6) is -0.712. The van der Waals surface area contributed by atoms with E-state index in [0.29, 0.717) is 32.1 Å². The Bertz CT molecular complexity index is 959. The van der Waals surface area contributed by atoms with Gasteiger partial charge in [0.05, 0.1) is 25.4 Å². The lowest BCUT2D eigenvalue weighted by Crippen LogP contribution is -2.68. The van der Waals surface area contributed by atoms with E-state index >= 15 is 0 Å². The SMILES string of the molecule is CC1(C)CC(O)[C@]2(C(=O)O)CC[C@]3(CO)C(=CC[C@@H]4[C@@]5(C)CC[C@H](O)C(C)(CO)C5CC[C@]43C)[C@H]2C1. The number of aliphatic carboxylic acids is 1. The van der Waals surface area contributed by atoms with Crippen LogP contribution < -0.4 is 0 Å². The number of aliphatic hydroxyl groups excluding tert-OH is 4. The summed E-state index contributed by atoms with van der Waals surface area (Å²) in [7, 11) is 0. The van der Waals surface area contributed by atoms with Gasteiger partial charge in [-0.05, 0) is 91.8 Å². The number of carbonyl (C=O) groups is 1. The van der Waals surface area contributed by atoms with Gasteiger partial charge in [-0.1, -0.05) is 46.3 Å². The Morgan fingerprint density at radius 3 is 2.19 bits per heavy atom. The molecule has 204 valence electrons. The van der Waals surface area contributed by atoms with Crippen molar-refractivity contribution in [3.8, 4) is 0 Å². The molecule has 5 aliphatic carbocycles. The van der Waals surface area contributed by atoms with E-state index in [2.05, 4.69) is 33.8 Å². The van der Waals surface area contributed by atoms with Gasteiger partial charge in [0.15, 0.2) is 0 Å². The second-order valence-electron chi connectivity index (χ2n) is 14.9. The van der Waals surface area contributed by atoms with Crippen LogP contribution in [0.1, 0.15) is 92.4 Å². The normalized spacial score (nSPS) is 53.8. The highest BCUT2D eigenvalue weighted by molar-refractivity contribution is 5.77. The van der Waals surface area contributed by atoms with Gasteiger partial charge < -0.3 is 25.5 Å². The second-order valence-corrected chi connectivity index (χ2v) is 14.9. The molecule has 0 saturated heterocycles. The molecule has 0 aromatic rings. The number of rotatable bonds is 3. The molecule has 5 rings (SSSR count). The maximum absolute atomic E-state index is 12.8. The van der Waals surface area contributed by atoms with Gasteiger partial charge in [0.1, 0.15) is 5.41 Å². The van der Waals surface area contributed by atoms with E-state index in [1.807, 2.05) is 6.92 Å². The molecule has 5 N–H and O–H groups in total. The Kier molecular flexibility index (Phi) is 5.95. The molecule has 0 amide bonds. The molecule has 0 aromatic carbocycles. The van der Waals surface area contributed by atoms with Crippen molar-refractivity contribution in [2.75, 3.05) is 13.2 Å². The molecule has 10 atom stereocenters. The van der Waals surface area contributed by atoms with Crippen LogP contribution in [-0.2, 0) is 4.79 Å². The summed E-state index contributed by atoms with van der Waals surface area (Å²) >= 11 is 0. The van der Waals surface area contributed by atoms with E-state index < -0.39 is 34.4 Å². The zero-order valence-corrected chi connectivity index (χ0v) is 22.9. The third-order valence-corrected chi connectivity index (χ3v) is 13.1. The first-order valence-corrected chi connectivity index (χ1v) is 14.2. The summed E-state index contributed by atoms with van der Waals surface area (Å²) in [6.45, 7) is 10.9. The molecule has 6 nitrogen and oxygen atoms in total. The zero-order chi connectivity index (χ0) is 26.5. The number of carboxylic acid groups (broad SMARTS) is 1. The fourth-order valence-corrected chi connectivity index (χ4v) is 11.0. The van der Waals surface area contributed by atoms with Crippen LogP contribution in [-0.4, -0.2) is 56.9 Å². The first-order valence-electron chi connectivity index (χ1n) is 14.2. The second kappa shape index (κ2) is 8.03. The molecule has 0 radical (unpaired) electrons. The lowest BCUT2D eigenvalue weighted by molar-refractivity contribution is -0.229.